The Hall–Kier alpha value is -3.02. The van der Waals surface area contributed by atoms with Crippen molar-refractivity contribution in [3.8, 4) is 11.5 Å². The molecule has 0 saturated carbocycles. The number of aryl methyl sites for hydroxylation is 1. The summed E-state index contributed by atoms with van der Waals surface area (Å²) >= 11 is 0. The zero-order chi connectivity index (χ0) is 19.8. The molecular weight excluding hydrogens is 346 g/mol. The van der Waals surface area contributed by atoms with Crippen molar-refractivity contribution in [2.45, 2.75) is 39.9 Å². The van der Waals surface area contributed by atoms with Gasteiger partial charge in [0.1, 0.15) is 11.5 Å². The van der Waals surface area contributed by atoms with Gasteiger partial charge < -0.3 is 19.5 Å². The van der Waals surface area contributed by atoms with Gasteiger partial charge in [0, 0.05) is 5.69 Å². The van der Waals surface area contributed by atoms with Crippen molar-refractivity contribution in [1.82, 2.24) is 0 Å². The number of esters is 1. The van der Waals surface area contributed by atoms with Crippen LogP contribution in [0.15, 0.2) is 48.5 Å². The van der Waals surface area contributed by atoms with Crippen LogP contribution >= 0.6 is 0 Å². The molecule has 0 aliphatic carbocycles. The van der Waals surface area contributed by atoms with Crippen LogP contribution in [0.2, 0.25) is 0 Å². The topological polar surface area (TPSA) is 73.9 Å². The first-order valence-electron chi connectivity index (χ1n) is 8.86. The Morgan fingerprint density at radius 3 is 2.33 bits per heavy atom. The highest BCUT2D eigenvalue weighted by Crippen LogP contribution is 2.17. The highest BCUT2D eigenvalue weighted by atomic mass is 16.6. The quantitative estimate of drug-likeness (QED) is 0.716. The third-order valence-electron chi connectivity index (χ3n) is 3.73. The van der Waals surface area contributed by atoms with Gasteiger partial charge in [0.15, 0.2) is 12.2 Å². The number of hydrogen-bond donors (Lipinski definition) is 1. The Kier molecular flexibility index (Phi) is 7.23. The molecule has 2 rings (SSSR count). The van der Waals surface area contributed by atoms with Crippen LogP contribution in [-0.2, 0) is 14.3 Å². The summed E-state index contributed by atoms with van der Waals surface area (Å²) in [6, 6.07) is 14.3. The van der Waals surface area contributed by atoms with Gasteiger partial charge in [0.25, 0.3) is 5.91 Å². The fourth-order valence-electron chi connectivity index (χ4n) is 2.31. The molecule has 0 fully saturated rings. The highest BCUT2D eigenvalue weighted by Gasteiger charge is 2.23. The van der Waals surface area contributed by atoms with Crippen LogP contribution in [-0.4, -0.2) is 30.7 Å². The summed E-state index contributed by atoms with van der Waals surface area (Å²) in [6.07, 6.45) is -1.78. The summed E-state index contributed by atoms with van der Waals surface area (Å²) in [5.41, 5.74) is 1.62. The predicted octanol–water partition coefficient (Wildman–Crippen LogP) is 3.73. The van der Waals surface area contributed by atoms with Gasteiger partial charge in [-0.25, -0.2) is 4.79 Å². The molecular formula is C21H25NO5. The minimum absolute atomic E-state index is 0.421. The van der Waals surface area contributed by atoms with E-state index in [4.69, 9.17) is 14.2 Å². The number of hydrogen-bond acceptors (Lipinski definition) is 5. The van der Waals surface area contributed by atoms with Crippen molar-refractivity contribution < 1.29 is 23.8 Å². The molecule has 0 bridgehead atoms. The lowest BCUT2D eigenvalue weighted by atomic mass is 10.2. The number of anilines is 1. The number of carbonyl (C=O) groups is 2. The van der Waals surface area contributed by atoms with Crippen LogP contribution in [0.3, 0.4) is 0 Å². The minimum Gasteiger partial charge on any atom is -0.494 e. The standard InChI is InChI=1S/C21H25NO5/c1-5-25-18-11-9-17(10-12-18)22-20(23)15(3)27-21(24)16(4)26-19-8-6-7-14(2)13-19/h6-13,15-16H,5H2,1-4H3,(H,22,23)/t15-,16-/m0/s1. The lowest BCUT2D eigenvalue weighted by molar-refractivity contribution is -0.159. The average Bonchev–Trinajstić information content (AvgIpc) is 2.63. The van der Waals surface area contributed by atoms with Gasteiger partial charge in [0.05, 0.1) is 6.61 Å². The number of nitrogens with one attached hydrogen (secondary N) is 1. The first-order valence-corrected chi connectivity index (χ1v) is 8.86. The first-order chi connectivity index (χ1) is 12.9. The van der Waals surface area contributed by atoms with E-state index in [0.29, 0.717) is 18.0 Å². The second-order valence-electron chi connectivity index (χ2n) is 6.10. The summed E-state index contributed by atoms with van der Waals surface area (Å²) in [4.78, 5) is 24.4. The van der Waals surface area contributed by atoms with Gasteiger partial charge in [-0.3, -0.25) is 4.79 Å². The molecule has 0 unspecified atom stereocenters. The third kappa shape index (κ3) is 6.33. The second kappa shape index (κ2) is 9.62. The molecule has 0 saturated heterocycles. The first kappa shape index (κ1) is 20.3. The molecule has 2 aromatic rings. The van der Waals surface area contributed by atoms with Gasteiger partial charge >= 0.3 is 5.97 Å². The molecule has 2 aromatic carbocycles. The molecule has 1 amide bonds. The molecule has 6 heteroatoms. The van der Waals surface area contributed by atoms with Crippen molar-refractivity contribution in [3.63, 3.8) is 0 Å². The van der Waals surface area contributed by atoms with Gasteiger partial charge in [-0.1, -0.05) is 12.1 Å². The van der Waals surface area contributed by atoms with E-state index < -0.39 is 24.1 Å². The van der Waals surface area contributed by atoms with Crippen molar-refractivity contribution in [1.29, 1.82) is 0 Å². The Bertz CT molecular complexity index is 772. The molecule has 1 N–H and O–H groups in total. The predicted molar refractivity (Wildman–Crippen MR) is 103 cm³/mol. The van der Waals surface area contributed by atoms with E-state index in [1.807, 2.05) is 32.0 Å². The Morgan fingerprint density at radius 2 is 1.70 bits per heavy atom. The van der Waals surface area contributed by atoms with Crippen molar-refractivity contribution in [2.75, 3.05) is 11.9 Å². The molecule has 2 atom stereocenters. The maximum absolute atomic E-state index is 12.2. The molecule has 0 aliphatic rings. The molecule has 27 heavy (non-hydrogen) atoms. The zero-order valence-corrected chi connectivity index (χ0v) is 16.0. The van der Waals surface area contributed by atoms with Gasteiger partial charge in [0.2, 0.25) is 0 Å². The van der Waals surface area contributed by atoms with Crippen LogP contribution in [0, 0.1) is 6.92 Å². The Balaban J connectivity index is 1.86. The zero-order valence-electron chi connectivity index (χ0n) is 16.0. The summed E-state index contributed by atoms with van der Waals surface area (Å²) in [5.74, 6) is 0.268. The lowest BCUT2D eigenvalue weighted by Crippen LogP contribution is -2.35. The SMILES string of the molecule is CCOc1ccc(NC(=O)[C@H](C)OC(=O)[C@H](C)Oc2cccc(C)c2)cc1. The number of carbonyl (C=O) groups excluding carboxylic acids is 2. The average molecular weight is 371 g/mol. The maximum atomic E-state index is 12.2. The fraction of sp³-hybridized carbons (Fsp3) is 0.333. The van der Waals surface area contributed by atoms with E-state index in [9.17, 15) is 9.59 Å². The van der Waals surface area contributed by atoms with Crippen LogP contribution in [0.5, 0.6) is 11.5 Å². The molecule has 0 radical (unpaired) electrons. The summed E-state index contributed by atoms with van der Waals surface area (Å²) in [7, 11) is 0. The largest absolute Gasteiger partial charge is 0.494 e. The van der Waals surface area contributed by atoms with Crippen LogP contribution < -0.4 is 14.8 Å². The van der Waals surface area contributed by atoms with E-state index in [2.05, 4.69) is 5.32 Å². The highest BCUT2D eigenvalue weighted by molar-refractivity contribution is 5.95. The maximum Gasteiger partial charge on any atom is 0.347 e. The monoisotopic (exact) mass is 371 g/mol. The Morgan fingerprint density at radius 1 is 1.00 bits per heavy atom. The number of ether oxygens (including phenoxy) is 3. The fourth-order valence-corrected chi connectivity index (χ4v) is 2.31. The van der Waals surface area contributed by atoms with Gasteiger partial charge in [-0.05, 0) is 69.7 Å². The van der Waals surface area contributed by atoms with Crippen LogP contribution in [0.4, 0.5) is 5.69 Å². The van der Waals surface area contributed by atoms with E-state index in [1.165, 1.54) is 6.92 Å². The molecule has 0 aromatic heterocycles. The van der Waals surface area contributed by atoms with Gasteiger partial charge in [-0.15, -0.1) is 0 Å². The van der Waals surface area contributed by atoms with Crippen molar-refractivity contribution >= 4 is 17.6 Å². The normalized spacial score (nSPS) is 12.6. The smallest absolute Gasteiger partial charge is 0.347 e. The van der Waals surface area contributed by atoms with E-state index in [1.54, 1.807) is 37.3 Å². The Labute approximate surface area is 159 Å². The number of amides is 1. The third-order valence-corrected chi connectivity index (χ3v) is 3.73. The summed E-state index contributed by atoms with van der Waals surface area (Å²) in [5, 5.41) is 2.70. The second-order valence-corrected chi connectivity index (χ2v) is 6.10. The minimum atomic E-state index is -0.951. The number of benzene rings is 2. The molecule has 0 heterocycles. The molecule has 144 valence electrons. The van der Waals surface area contributed by atoms with Crippen LogP contribution in [0.1, 0.15) is 26.3 Å². The number of rotatable bonds is 8. The van der Waals surface area contributed by atoms with E-state index >= 15 is 0 Å². The van der Waals surface area contributed by atoms with Gasteiger partial charge in [-0.2, -0.15) is 0 Å². The molecule has 0 spiro atoms. The van der Waals surface area contributed by atoms with Crippen LogP contribution in [0.25, 0.3) is 0 Å². The van der Waals surface area contributed by atoms with E-state index in [0.717, 1.165) is 11.3 Å². The molecule has 6 nitrogen and oxygen atoms in total. The van der Waals surface area contributed by atoms with Crippen molar-refractivity contribution in [2.24, 2.45) is 0 Å². The lowest BCUT2D eigenvalue weighted by Gasteiger charge is -2.18. The molecule has 0 aliphatic heterocycles. The summed E-state index contributed by atoms with van der Waals surface area (Å²) < 4.78 is 16.1. The summed E-state index contributed by atoms with van der Waals surface area (Å²) in [6.45, 7) is 7.50. The van der Waals surface area contributed by atoms with E-state index in [-0.39, 0.29) is 0 Å². The van der Waals surface area contributed by atoms with Crippen molar-refractivity contribution in [3.05, 3.63) is 54.1 Å².